The third-order valence-electron chi connectivity index (χ3n) is 2.15. The lowest BCUT2D eigenvalue weighted by Crippen LogP contribution is -2.40. The summed E-state index contributed by atoms with van der Waals surface area (Å²) in [6, 6.07) is 0. The van der Waals surface area contributed by atoms with Crippen molar-refractivity contribution in [2.75, 3.05) is 13.1 Å². The van der Waals surface area contributed by atoms with E-state index in [1.807, 2.05) is 6.08 Å². The molecule has 0 amide bonds. The Morgan fingerprint density at radius 3 is 2.86 bits per heavy atom. The fraction of sp³-hybridized carbons (Fsp3) is 0.667. The number of carboxylic acids is 1. The van der Waals surface area contributed by atoms with Gasteiger partial charge in [-0.15, -0.1) is 0 Å². The molecule has 2 N–H and O–H groups in total. The predicted molar refractivity (Wildman–Crippen MR) is 47.4 cm³/mol. The average molecular weight is 205 g/mol. The van der Waals surface area contributed by atoms with E-state index in [9.17, 15) is 13.6 Å². The van der Waals surface area contributed by atoms with Crippen molar-refractivity contribution in [2.24, 2.45) is 0 Å². The van der Waals surface area contributed by atoms with Crippen LogP contribution in [0.25, 0.3) is 0 Å². The number of carboxylic acid groups (broad SMARTS) is 1. The quantitative estimate of drug-likeness (QED) is 0.667. The van der Waals surface area contributed by atoms with Gasteiger partial charge in [0.1, 0.15) is 0 Å². The minimum atomic E-state index is -3.67. The molecule has 0 spiro atoms. The molecule has 5 heteroatoms. The lowest BCUT2D eigenvalue weighted by molar-refractivity contribution is -0.163. The van der Waals surface area contributed by atoms with Crippen LogP contribution < -0.4 is 5.32 Å². The van der Waals surface area contributed by atoms with E-state index in [-0.39, 0.29) is 0 Å². The summed E-state index contributed by atoms with van der Waals surface area (Å²) >= 11 is 0. The molecule has 0 unspecified atom stereocenters. The molecule has 0 aromatic heterocycles. The molecule has 0 radical (unpaired) electrons. The fourth-order valence-corrected chi connectivity index (χ4v) is 1.35. The summed E-state index contributed by atoms with van der Waals surface area (Å²) in [5.41, 5.74) is 1.09. The third kappa shape index (κ3) is 3.06. The summed E-state index contributed by atoms with van der Waals surface area (Å²) in [5.74, 6) is -5.75. The minimum absolute atomic E-state index is 0.364. The van der Waals surface area contributed by atoms with Crippen LogP contribution in [-0.4, -0.2) is 30.1 Å². The van der Waals surface area contributed by atoms with E-state index >= 15 is 0 Å². The Hall–Kier alpha value is -0.970. The minimum Gasteiger partial charge on any atom is -0.477 e. The average Bonchev–Trinajstić information content (AvgIpc) is 2.56. The molecule has 1 aliphatic rings. The zero-order valence-electron chi connectivity index (χ0n) is 7.72. The normalized spacial score (nSPS) is 16.9. The van der Waals surface area contributed by atoms with Gasteiger partial charge in [0.15, 0.2) is 0 Å². The Morgan fingerprint density at radius 2 is 2.36 bits per heavy atom. The molecule has 0 atom stereocenters. The smallest absolute Gasteiger partial charge is 0.375 e. The first-order valence-electron chi connectivity index (χ1n) is 4.52. The van der Waals surface area contributed by atoms with Crippen LogP contribution in [0.2, 0.25) is 0 Å². The van der Waals surface area contributed by atoms with Crippen LogP contribution in [0.5, 0.6) is 0 Å². The first kappa shape index (κ1) is 11.1. The Balaban J connectivity index is 2.23. The molecule has 1 rings (SSSR count). The van der Waals surface area contributed by atoms with E-state index in [2.05, 4.69) is 5.32 Å². The van der Waals surface area contributed by atoms with Crippen molar-refractivity contribution in [3.8, 4) is 0 Å². The van der Waals surface area contributed by atoms with Gasteiger partial charge < -0.3 is 10.4 Å². The highest BCUT2D eigenvalue weighted by Crippen LogP contribution is 2.17. The van der Waals surface area contributed by atoms with Crippen LogP contribution in [0.1, 0.15) is 19.3 Å². The molecular formula is C9H13F2NO2. The molecule has 0 fully saturated rings. The van der Waals surface area contributed by atoms with Gasteiger partial charge in [-0.05, 0) is 19.3 Å². The van der Waals surface area contributed by atoms with Crippen LogP contribution in [-0.2, 0) is 4.79 Å². The highest BCUT2D eigenvalue weighted by molar-refractivity contribution is 5.75. The molecule has 0 bridgehead atoms. The molecule has 0 aromatic rings. The van der Waals surface area contributed by atoms with Crippen LogP contribution in [0.15, 0.2) is 11.6 Å². The summed E-state index contributed by atoms with van der Waals surface area (Å²) in [6.07, 6.45) is 4.98. The topological polar surface area (TPSA) is 49.3 Å². The molecule has 0 saturated heterocycles. The number of hydrogen-bond acceptors (Lipinski definition) is 2. The van der Waals surface area contributed by atoms with Gasteiger partial charge in [0.25, 0.3) is 0 Å². The van der Waals surface area contributed by atoms with Crippen molar-refractivity contribution in [1.29, 1.82) is 0 Å². The summed E-state index contributed by atoms with van der Waals surface area (Å²) in [7, 11) is 0. The second-order valence-corrected chi connectivity index (χ2v) is 3.37. The van der Waals surface area contributed by atoms with Crippen molar-refractivity contribution >= 4 is 5.97 Å². The molecule has 0 saturated carbocycles. The Bertz CT molecular complexity index is 251. The van der Waals surface area contributed by atoms with Crippen molar-refractivity contribution < 1.29 is 18.7 Å². The standard InChI is InChI=1S/C9H13F2NO2/c10-9(11,8(13)14)6-12-5-7-3-1-2-4-7/h3,12H,1-2,4-6H2,(H,13,14). The maximum Gasteiger partial charge on any atom is 0.375 e. The number of rotatable bonds is 5. The number of alkyl halides is 2. The van der Waals surface area contributed by atoms with Crippen molar-refractivity contribution in [1.82, 2.24) is 5.32 Å². The Morgan fingerprint density at radius 1 is 1.64 bits per heavy atom. The summed E-state index contributed by atoms with van der Waals surface area (Å²) in [5, 5.41) is 10.6. The van der Waals surface area contributed by atoms with E-state index in [0.29, 0.717) is 6.54 Å². The largest absolute Gasteiger partial charge is 0.477 e. The van der Waals surface area contributed by atoms with Gasteiger partial charge in [0.05, 0.1) is 6.54 Å². The highest BCUT2D eigenvalue weighted by Gasteiger charge is 2.38. The zero-order chi connectivity index (χ0) is 10.6. The number of allylic oxidation sites excluding steroid dienone is 1. The molecule has 3 nitrogen and oxygen atoms in total. The van der Waals surface area contributed by atoms with Gasteiger partial charge in [0.2, 0.25) is 0 Å². The molecule has 0 aliphatic heterocycles. The van der Waals surface area contributed by atoms with Gasteiger partial charge in [-0.1, -0.05) is 11.6 Å². The predicted octanol–water partition coefficient (Wildman–Crippen LogP) is 1.41. The maximum absolute atomic E-state index is 12.5. The third-order valence-corrected chi connectivity index (χ3v) is 2.15. The SMILES string of the molecule is O=C(O)C(F)(F)CNCC1=CCCC1. The van der Waals surface area contributed by atoms with Gasteiger partial charge in [-0.3, -0.25) is 0 Å². The summed E-state index contributed by atoms with van der Waals surface area (Å²) in [6.45, 7) is -0.442. The number of nitrogens with one attached hydrogen (secondary N) is 1. The van der Waals surface area contributed by atoms with E-state index in [1.165, 1.54) is 0 Å². The number of aliphatic carboxylic acids is 1. The lowest BCUT2D eigenvalue weighted by Gasteiger charge is -2.12. The maximum atomic E-state index is 12.5. The van der Waals surface area contributed by atoms with E-state index < -0.39 is 18.4 Å². The Labute approximate surface area is 80.8 Å². The van der Waals surface area contributed by atoms with Crippen LogP contribution in [0.3, 0.4) is 0 Å². The first-order chi connectivity index (χ1) is 6.52. The number of carbonyl (C=O) groups is 1. The van der Waals surface area contributed by atoms with Gasteiger partial charge in [-0.25, -0.2) is 4.79 Å². The lowest BCUT2D eigenvalue weighted by atomic mass is 10.2. The molecule has 1 aliphatic carbocycles. The first-order valence-corrected chi connectivity index (χ1v) is 4.52. The molecule has 0 heterocycles. The number of hydrogen-bond donors (Lipinski definition) is 2. The van der Waals surface area contributed by atoms with Crippen LogP contribution >= 0.6 is 0 Å². The van der Waals surface area contributed by atoms with Crippen molar-refractivity contribution in [2.45, 2.75) is 25.2 Å². The summed E-state index contributed by atoms with van der Waals surface area (Å²) in [4.78, 5) is 10.0. The molecule has 80 valence electrons. The molecule has 14 heavy (non-hydrogen) atoms. The monoisotopic (exact) mass is 205 g/mol. The van der Waals surface area contributed by atoms with Crippen molar-refractivity contribution in [3.05, 3.63) is 11.6 Å². The van der Waals surface area contributed by atoms with Gasteiger partial charge in [-0.2, -0.15) is 8.78 Å². The van der Waals surface area contributed by atoms with Gasteiger partial charge in [0, 0.05) is 6.54 Å². The van der Waals surface area contributed by atoms with E-state index in [0.717, 1.165) is 24.8 Å². The van der Waals surface area contributed by atoms with Crippen LogP contribution in [0, 0.1) is 0 Å². The second-order valence-electron chi connectivity index (χ2n) is 3.37. The van der Waals surface area contributed by atoms with E-state index in [1.54, 1.807) is 0 Å². The Kier molecular flexibility index (Phi) is 3.57. The molecular weight excluding hydrogens is 192 g/mol. The fourth-order valence-electron chi connectivity index (χ4n) is 1.35. The summed E-state index contributed by atoms with van der Waals surface area (Å²) < 4.78 is 25.1. The second kappa shape index (κ2) is 4.50. The van der Waals surface area contributed by atoms with Crippen molar-refractivity contribution in [3.63, 3.8) is 0 Å². The highest BCUT2D eigenvalue weighted by atomic mass is 19.3. The van der Waals surface area contributed by atoms with E-state index in [4.69, 9.17) is 5.11 Å². The molecule has 0 aromatic carbocycles. The zero-order valence-corrected chi connectivity index (χ0v) is 7.72. The van der Waals surface area contributed by atoms with Gasteiger partial charge >= 0.3 is 11.9 Å². The number of halogens is 2. The van der Waals surface area contributed by atoms with Crippen LogP contribution in [0.4, 0.5) is 8.78 Å².